The number of aryl methyl sites for hydroxylation is 3. The zero-order chi connectivity index (χ0) is 25.3. The second kappa shape index (κ2) is 9.34. The fraction of sp³-hybridized carbons (Fsp3) is 0.192. The molecule has 0 radical (unpaired) electrons. The number of benzene rings is 2. The van der Waals surface area contributed by atoms with Gasteiger partial charge in [-0.1, -0.05) is 17.7 Å². The van der Waals surface area contributed by atoms with Crippen molar-refractivity contribution in [2.75, 3.05) is 10.9 Å². The highest BCUT2D eigenvalue weighted by Crippen LogP contribution is 2.34. The first-order valence-electron chi connectivity index (χ1n) is 10.9. The SMILES string of the molecule is CCOC(=O)c1c(C)oc2ccc(N(C(=O)c3ccncc3)S(=O)(=O)c3ccc(C)cc3C)cc12. The molecule has 4 aromatic rings. The Morgan fingerprint density at radius 1 is 1.00 bits per heavy atom. The van der Waals surface area contributed by atoms with Crippen molar-refractivity contribution in [3.63, 3.8) is 0 Å². The molecule has 9 heteroatoms. The summed E-state index contributed by atoms with van der Waals surface area (Å²) >= 11 is 0. The molecule has 2 aromatic heterocycles. The third-order valence-electron chi connectivity index (χ3n) is 5.52. The van der Waals surface area contributed by atoms with E-state index in [1.807, 2.05) is 6.92 Å². The number of ether oxygens (including phenoxy) is 1. The van der Waals surface area contributed by atoms with E-state index < -0.39 is 21.9 Å². The standard InChI is InChI=1S/C26H24N2O6S/c1-5-33-26(30)24-18(4)34-22-8-7-20(15-21(22)24)28(25(29)19-10-12-27-13-11-19)35(31,32)23-9-6-16(2)14-17(23)3/h6-15H,5H2,1-4H3. The van der Waals surface area contributed by atoms with E-state index >= 15 is 0 Å². The second-order valence-corrected chi connectivity index (χ2v) is 9.77. The van der Waals surface area contributed by atoms with Crippen LogP contribution in [0.3, 0.4) is 0 Å². The number of hydrogen-bond acceptors (Lipinski definition) is 7. The zero-order valence-corrected chi connectivity index (χ0v) is 20.5. The highest BCUT2D eigenvalue weighted by molar-refractivity contribution is 7.93. The molecule has 0 N–H and O–H groups in total. The lowest BCUT2D eigenvalue weighted by Crippen LogP contribution is -2.37. The largest absolute Gasteiger partial charge is 0.462 e. The topological polar surface area (TPSA) is 107 Å². The van der Waals surface area contributed by atoms with Crippen LogP contribution in [0.4, 0.5) is 5.69 Å². The molecule has 2 aromatic carbocycles. The van der Waals surface area contributed by atoms with Gasteiger partial charge in [-0.2, -0.15) is 4.31 Å². The molecule has 0 unspecified atom stereocenters. The zero-order valence-electron chi connectivity index (χ0n) is 19.7. The van der Waals surface area contributed by atoms with Crippen molar-refractivity contribution in [2.45, 2.75) is 32.6 Å². The van der Waals surface area contributed by atoms with Crippen LogP contribution in [0.15, 0.2) is 70.2 Å². The average Bonchev–Trinajstić information content (AvgIpc) is 3.14. The smallest absolute Gasteiger partial charge is 0.342 e. The summed E-state index contributed by atoms with van der Waals surface area (Å²) in [7, 11) is -4.34. The third-order valence-corrected chi connectivity index (χ3v) is 7.39. The second-order valence-electron chi connectivity index (χ2n) is 8.01. The Morgan fingerprint density at radius 3 is 2.37 bits per heavy atom. The van der Waals surface area contributed by atoms with Crippen LogP contribution < -0.4 is 4.31 Å². The molecule has 2 heterocycles. The first-order chi connectivity index (χ1) is 16.6. The molecule has 0 saturated carbocycles. The number of rotatable bonds is 6. The number of anilines is 1. The molecule has 0 saturated heterocycles. The lowest BCUT2D eigenvalue weighted by Gasteiger charge is -2.24. The van der Waals surface area contributed by atoms with Gasteiger partial charge in [0, 0.05) is 23.3 Å². The predicted octanol–water partition coefficient (Wildman–Crippen LogP) is 4.97. The quantitative estimate of drug-likeness (QED) is 0.350. The van der Waals surface area contributed by atoms with Gasteiger partial charge in [0.15, 0.2) is 0 Å². The Kier molecular flexibility index (Phi) is 6.45. The van der Waals surface area contributed by atoms with Gasteiger partial charge in [0.05, 0.1) is 17.2 Å². The average molecular weight is 493 g/mol. The molecule has 0 fully saturated rings. The number of hydrogen-bond donors (Lipinski definition) is 0. The Balaban J connectivity index is 1.96. The number of sulfonamides is 1. The minimum atomic E-state index is -4.34. The molecule has 0 atom stereocenters. The summed E-state index contributed by atoms with van der Waals surface area (Å²) in [6.45, 7) is 7.01. The number of pyridine rings is 1. The van der Waals surface area contributed by atoms with E-state index in [2.05, 4.69) is 4.98 Å². The van der Waals surface area contributed by atoms with Crippen molar-refractivity contribution in [3.05, 3.63) is 88.9 Å². The minimum Gasteiger partial charge on any atom is -0.462 e. The van der Waals surface area contributed by atoms with Crippen molar-refractivity contribution in [1.29, 1.82) is 0 Å². The van der Waals surface area contributed by atoms with Gasteiger partial charge < -0.3 is 9.15 Å². The van der Waals surface area contributed by atoms with Crippen molar-refractivity contribution in [2.24, 2.45) is 0 Å². The van der Waals surface area contributed by atoms with E-state index in [9.17, 15) is 18.0 Å². The summed E-state index contributed by atoms with van der Waals surface area (Å²) in [4.78, 5) is 30.1. The van der Waals surface area contributed by atoms with Crippen molar-refractivity contribution in [1.82, 2.24) is 4.98 Å². The molecule has 180 valence electrons. The molecular formula is C26H24N2O6S. The summed E-state index contributed by atoms with van der Waals surface area (Å²) in [6, 6.07) is 12.2. The van der Waals surface area contributed by atoms with Gasteiger partial charge in [0.2, 0.25) is 0 Å². The minimum absolute atomic E-state index is 0.000376. The van der Waals surface area contributed by atoms with Gasteiger partial charge in [-0.15, -0.1) is 0 Å². The summed E-state index contributed by atoms with van der Waals surface area (Å²) in [6.07, 6.45) is 2.83. The fourth-order valence-corrected chi connectivity index (χ4v) is 5.57. The first-order valence-corrected chi connectivity index (χ1v) is 12.4. The summed E-state index contributed by atoms with van der Waals surface area (Å²) in [5.74, 6) is -1.02. The van der Waals surface area contributed by atoms with Crippen LogP contribution in [0.2, 0.25) is 0 Å². The van der Waals surface area contributed by atoms with Crippen LogP contribution in [-0.2, 0) is 14.8 Å². The van der Waals surface area contributed by atoms with Gasteiger partial charge in [-0.25, -0.2) is 13.2 Å². The summed E-state index contributed by atoms with van der Waals surface area (Å²) < 4.78 is 39.4. The van der Waals surface area contributed by atoms with E-state index in [4.69, 9.17) is 9.15 Å². The van der Waals surface area contributed by atoms with Crippen LogP contribution in [0.1, 0.15) is 44.5 Å². The van der Waals surface area contributed by atoms with Crippen molar-refractivity contribution < 1.29 is 27.2 Å². The van der Waals surface area contributed by atoms with E-state index in [-0.39, 0.29) is 28.3 Å². The monoisotopic (exact) mass is 492 g/mol. The Morgan fingerprint density at radius 2 is 1.71 bits per heavy atom. The summed E-state index contributed by atoms with van der Waals surface area (Å²) in [5, 5.41) is 0.349. The van der Waals surface area contributed by atoms with Crippen LogP contribution in [0.25, 0.3) is 11.0 Å². The number of carbonyl (C=O) groups excluding carboxylic acids is 2. The molecule has 0 aliphatic rings. The van der Waals surface area contributed by atoms with Gasteiger partial charge in [0.25, 0.3) is 15.9 Å². The number of amides is 1. The lowest BCUT2D eigenvalue weighted by atomic mass is 10.1. The number of furan rings is 1. The number of esters is 1. The maximum Gasteiger partial charge on any atom is 0.342 e. The van der Waals surface area contributed by atoms with E-state index in [1.165, 1.54) is 48.8 Å². The maximum absolute atomic E-state index is 13.9. The normalized spacial score (nSPS) is 11.4. The highest BCUT2D eigenvalue weighted by atomic mass is 32.2. The van der Waals surface area contributed by atoms with Gasteiger partial charge in [0.1, 0.15) is 16.9 Å². The maximum atomic E-state index is 13.9. The number of fused-ring (bicyclic) bond motifs is 1. The van der Waals surface area contributed by atoms with Gasteiger partial charge in [-0.3, -0.25) is 9.78 Å². The molecule has 0 aliphatic carbocycles. The first kappa shape index (κ1) is 24.2. The van der Waals surface area contributed by atoms with E-state index in [0.717, 1.165) is 9.87 Å². The van der Waals surface area contributed by atoms with Crippen LogP contribution in [0.5, 0.6) is 0 Å². The molecule has 0 aliphatic heterocycles. The van der Waals surface area contributed by atoms with E-state index in [1.54, 1.807) is 32.9 Å². The Hall–Kier alpha value is -3.98. The molecule has 4 rings (SSSR count). The fourth-order valence-electron chi connectivity index (χ4n) is 3.96. The summed E-state index contributed by atoms with van der Waals surface area (Å²) in [5.41, 5.74) is 2.15. The molecular weight excluding hydrogens is 468 g/mol. The van der Waals surface area contributed by atoms with Crippen molar-refractivity contribution >= 4 is 38.6 Å². The molecule has 0 spiro atoms. The molecule has 35 heavy (non-hydrogen) atoms. The van der Waals surface area contributed by atoms with Crippen LogP contribution in [-0.4, -0.2) is 31.9 Å². The van der Waals surface area contributed by atoms with Gasteiger partial charge in [-0.05, 0) is 69.7 Å². The van der Waals surface area contributed by atoms with Crippen molar-refractivity contribution in [3.8, 4) is 0 Å². The number of nitrogens with zero attached hydrogens (tertiary/aromatic N) is 2. The third kappa shape index (κ3) is 4.42. The molecule has 1 amide bonds. The Labute approximate surface area is 203 Å². The number of carbonyl (C=O) groups is 2. The van der Waals surface area contributed by atoms with E-state index in [0.29, 0.717) is 22.3 Å². The molecule has 8 nitrogen and oxygen atoms in total. The van der Waals surface area contributed by atoms with Crippen LogP contribution in [0, 0.1) is 20.8 Å². The molecule has 0 bridgehead atoms. The van der Waals surface area contributed by atoms with Gasteiger partial charge >= 0.3 is 5.97 Å². The lowest BCUT2D eigenvalue weighted by molar-refractivity contribution is 0.0526. The van der Waals surface area contributed by atoms with Crippen LogP contribution >= 0.6 is 0 Å². The highest BCUT2D eigenvalue weighted by Gasteiger charge is 2.34. The number of aromatic nitrogens is 1. The predicted molar refractivity (Wildman–Crippen MR) is 131 cm³/mol. The Bertz CT molecular complexity index is 1540.